The number of nitro groups is 1. The summed E-state index contributed by atoms with van der Waals surface area (Å²) in [7, 11) is -4.25. The van der Waals surface area contributed by atoms with Crippen LogP contribution in [-0.2, 0) is 16.2 Å². The van der Waals surface area contributed by atoms with E-state index in [0.29, 0.717) is 6.07 Å². The van der Waals surface area contributed by atoms with Crippen LogP contribution in [0.5, 0.6) is 0 Å². The van der Waals surface area contributed by atoms with Gasteiger partial charge in [-0.05, 0) is 30.3 Å². The first-order valence-electron chi connectivity index (χ1n) is 6.04. The van der Waals surface area contributed by atoms with E-state index in [1.807, 2.05) is 0 Å². The first-order valence-corrected chi connectivity index (χ1v) is 7.52. The van der Waals surface area contributed by atoms with Crippen LogP contribution in [0, 0.1) is 10.1 Å². The first kappa shape index (κ1) is 16.7. The van der Waals surface area contributed by atoms with E-state index < -0.39 is 31.6 Å². The van der Waals surface area contributed by atoms with E-state index in [2.05, 4.69) is 4.72 Å². The molecule has 0 aromatic heterocycles. The number of halogens is 3. The highest BCUT2D eigenvalue weighted by atomic mass is 32.2. The van der Waals surface area contributed by atoms with Gasteiger partial charge in [0.1, 0.15) is 0 Å². The second-order valence-electron chi connectivity index (χ2n) is 4.44. The van der Waals surface area contributed by atoms with Gasteiger partial charge in [0.25, 0.3) is 15.7 Å². The van der Waals surface area contributed by atoms with Crippen LogP contribution in [0.4, 0.5) is 24.5 Å². The van der Waals surface area contributed by atoms with Crippen LogP contribution in [0.15, 0.2) is 53.4 Å². The number of nitrogens with one attached hydrogen (secondary N) is 1. The van der Waals surface area contributed by atoms with Crippen molar-refractivity contribution in [2.24, 2.45) is 0 Å². The number of nitro benzene ring substituents is 1. The molecular formula is C13H9F3N2O4S. The summed E-state index contributed by atoms with van der Waals surface area (Å²) in [5.74, 6) is 0. The number of nitrogens with zero attached hydrogens (tertiary/aromatic N) is 1. The van der Waals surface area contributed by atoms with E-state index in [-0.39, 0.29) is 11.4 Å². The molecular weight excluding hydrogens is 337 g/mol. The lowest BCUT2D eigenvalue weighted by Crippen LogP contribution is -2.14. The van der Waals surface area contributed by atoms with Crippen LogP contribution in [0.1, 0.15) is 5.56 Å². The van der Waals surface area contributed by atoms with E-state index in [9.17, 15) is 31.7 Å². The van der Waals surface area contributed by atoms with Gasteiger partial charge in [0.05, 0.1) is 15.4 Å². The van der Waals surface area contributed by atoms with Crippen LogP contribution in [0.2, 0.25) is 0 Å². The number of sulfonamides is 1. The van der Waals surface area contributed by atoms with Crippen LogP contribution in [-0.4, -0.2) is 13.3 Å². The molecule has 0 aliphatic rings. The number of benzene rings is 2. The van der Waals surface area contributed by atoms with Crippen molar-refractivity contribution in [3.8, 4) is 0 Å². The lowest BCUT2D eigenvalue weighted by Gasteiger charge is -2.11. The van der Waals surface area contributed by atoms with Crippen LogP contribution >= 0.6 is 0 Å². The van der Waals surface area contributed by atoms with Crippen molar-refractivity contribution < 1.29 is 26.5 Å². The topological polar surface area (TPSA) is 89.3 Å². The third-order valence-electron chi connectivity index (χ3n) is 2.80. The Kier molecular flexibility index (Phi) is 4.28. The van der Waals surface area contributed by atoms with Crippen molar-refractivity contribution >= 4 is 21.4 Å². The number of hydrogen-bond acceptors (Lipinski definition) is 4. The average molecular weight is 346 g/mol. The summed E-state index contributed by atoms with van der Waals surface area (Å²) in [6.45, 7) is 0. The van der Waals surface area contributed by atoms with Crippen molar-refractivity contribution in [2.75, 3.05) is 4.72 Å². The van der Waals surface area contributed by atoms with Crippen LogP contribution < -0.4 is 4.72 Å². The molecule has 0 saturated heterocycles. The maximum atomic E-state index is 12.6. The molecule has 0 bridgehead atoms. The molecule has 2 aromatic carbocycles. The summed E-state index contributed by atoms with van der Waals surface area (Å²) in [6.07, 6.45) is -4.67. The zero-order valence-corrected chi connectivity index (χ0v) is 12.1. The highest BCUT2D eigenvalue weighted by Gasteiger charge is 2.31. The quantitative estimate of drug-likeness (QED) is 0.678. The summed E-state index contributed by atoms with van der Waals surface area (Å²) >= 11 is 0. The molecule has 10 heteroatoms. The van der Waals surface area contributed by atoms with Crippen molar-refractivity contribution in [3.63, 3.8) is 0 Å². The van der Waals surface area contributed by atoms with Gasteiger partial charge in [-0.15, -0.1) is 0 Å². The summed E-state index contributed by atoms with van der Waals surface area (Å²) in [4.78, 5) is 9.28. The Balaban J connectivity index is 2.30. The molecule has 0 spiro atoms. The second-order valence-corrected chi connectivity index (χ2v) is 6.12. The maximum Gasteiger partial charge on any atom is 0.416 e. The van der Waals surface area contributed by atoms with Gasteiger partial charge in [-0.3, -0.25) is 14.8 Å². The zero-order chi connectivity index (χ0) is 17.3. The van der Waals surface area contributed by atoms with E-state index >= 15 is 0 Å². The monoisotopic (exact) mass is 346 g/mol. The Labute approximate surface area is 128 Å². The highest BCUT2D eigenvalue weighted by molar-refractivity contribution is 7.92. The number of alkyl halides is 3. The van der Waals surface area contributed by atoms with Gasteiger partial charge in [-0.2, -0.15) is 13.2 Å². The molecule has 122 valence electrons. The number of non-ortho nitro benzene ring substituents is 1. The molecule has 0 aliphatic carbocycles. The third kappa shape index (κ3) is 3.97. The predicted molar refractivity (Wildman–Crippen MR) is 75.3 cm³/mol. The van der Waals surface area contributed by atoms with Gasteiger partial charge in [0.2, 0.25) is 0 Å². The smallest absolute Gasteiger partial charge is 0.280 e. The average Bonchev–Trinajstić information content (AvgIpc) is 2.46. The largest absolute Gasteiger partial charge is 0.416 e. The summed E-state index contributed by atoms with van der Waals surface area (Å²) in [6, 6.07) is 7.69. The lowest BCUT2D eigenvalue weighted by molar-refractivity contribution is -0.384. The normalized spacial score (nSPS) is 12.0. The van der Waals surface area contributed by atoms with Crippen molar-refractivity contribution in [1.29, 1.82) is 0 Å². The van der Waals surface area contributed by atoms with Crippen molar-refractivity contribution in [2.45, 2.75) is 11.1 Å². The Morgan fingerprint density at radius 1 is 1.04 bits per heavy atom. The maximum absolute atomic E-state index is 12.6. The van der Waals surface area contributed by atoms with Crippen molar-refractivity contribution in [3.05, 3.63) is 64.2 Å². The Morgan fingerprint density at radius 3 is 2.17 bits per heavy atom. The first-order chi connectivity index (χ1) is 10.6. The third-order valence-corrected chi connectivity index (χ3v) is 4.18. The molecule has 0 aliphatic heterocycles. The molecule has 0 fully saturated rings. The fourth-order valence-corrected chi connectivity index (χ4v) is 2.81. The van der Waals surface area contributed by atoms with E-state index in [1.54, 1.807) is 0 Å². The molecule has 0 saturated carbocycles. The van der Waals surface area contributed by atoms with Crippen molar-refractivity contribution in [1.82, 2.24) is 0 Å². The minimum absolute atomic E-state index is 0.00647. The second kappa shape index (κ2) is 5.88. The van der Waals surface area contributed by atoms with Gasteiger partial charge in [-0.1, -0.05) is 6.07 Å². The summed E-state index contributed by atoms with van der Waals surface area (Å²) < 4.78 is 64.1. The molecule has 23 heavy (non-hydrogen) atoms. The van der Waals surface area contributed by atoms with Gasteiger partial charge in [0, 0.05) is 17.8 Å². The SMILES string of the molecule is O=[N+]([O-])c1ccc(NS(=O)(=O)c2cccc(C(F)(F)F)c2)cc1. The zero-order valence-electron chi connectivity index (χ0n) is 11.2. The molecule has 0 heterocycles. The molecule has 6 nitrogen and oxygen atoms in total. The summed E-state index contributed by atoms with van der Waals surface area (Å²) in [5.41, 5.74) is -1.34. The van der Waals surface area contributed by atoms with E-state index in [0.717, 1.165) is 42.5 Å². The van der Waals surface area contributed by atoms with Gasteiger partial charge in [0.15, 0.2) is 0 Å². The molecule has 0 unspecified atom stereocenters. The minimum atomic E-state index is -4.67. The summed E-state index contributed by atoms with van der Waals surface area (Å²) in [5, 5.41) is 10.5. The molecule has 0 radical (unpaired) electrons. The van der Waals surface area contributed by atoms with Gasteiger partial charge >= 0.3 is 6.18 Å². The number of rotatable bonds is 4. The Morgan fingerprint density at radius 2 is 1.65 bits per heavy atom. The molecule has 1 N–H and O–H groups in total. The molecule has 0 atom stereocenters. The molecule has 2 aromatic rings. The number of hydrogen-bond donors (Lipinski definition) is 1. The fourth-order valence-electron chi connectivity index (χ4n) is 1.70. The predicted octanol–water partition coefficient (Wildman–Crippen LogP) is 3.41. The fraction of sp³-hybridized carbons (Fsp3) is 0.0769. The number of anilines is 1. The lowest BCUT2D eigenvalue weighted by atomic mass is 10.2. The highest BCUT2D eigenvalue weighted by Crippen LogP contribution is 2.31. The molecule has 0 amide bonds. The van der Waals surface area contributed by atoms with Crippen LogP contribution in [0.3, 0.4) is 0 Å². The Bertz CT molecular complexity index is 833. The standard InChI is InChI=1S/C13H9F3N2O4S/c14-13(15,16)9-2-1-3-12(8-9)23(21,22)17-10-4-6-11(7-5-10)18(19)20/h1-8,17H. The van der Waals surface area contributed by atoms with Gasteiger partial charge in [-0.25, -0.2) is 8.42 Å². The van der Waals surface area contributed by atoms with Gasteiger partial charge < -0.3 is 0 Å². The van der Waals surface area contributed by atoms with E-state index in [4.69, 9.17) is 0 Å². The van der Waals surface area contributed by atoms with Crippen LogP contribution in [0.25, 0.3) is 0 Å². The minimum Gasteiger partial charge on any atom is -0.280 e. The van der Waals surface area contributed by atoms with E-state index in [1.165, 1.54) is 0 Å². The molecule has 2 rings (SSSR count). The Hall–Kier alpha value is -2.62.